The van der Waals surface area contributed by atoms with Crippen LogP contribution in [0.2, 0.25) is 0 Å². The molecule has 7 heteroatoms. The number of methoxy groups -OCH3 is 2. The van der Waals surface area contributed by atoms with E-state index in [4.69, 9.17) is 9.47 Å². The quantitative estimate of drug-likeness (QED) is 0.872. The van der Waals surface area contributed by atoms with E-state index in [1.807, 2.05) is 49.4 Å². The summed E-state index contributed by atoms with van der Waals surface area (Å²) < 4.78 is 36.4. The highest BCUT2D eigenvalue weighted by Gasteiger charge is 2.33. The molecule has 3 rings (SSSR count). The average Bonchev–Trinajstić information content (AvgIpc) is 3.07. The monoisotopic (exact) mass is 374 g/mol. The molecule has 26 heavy (non-hydrogen) atoms. The highest BCUT2D eigenvalue weighted by molar-refractivity contribution is 7.88. The number of rotatable bonds is 5. The van der Waals surface area contributed by atoms with Gasteiger partial charge in [-0.1, -0.05) is 29.8 Å². The molecular formula is C19H22N2O4S. The van der Waals surface area contributed by atoms with E-state index in [0.29, 0.717) is 17.2 Å². The predicted molar refractivity (Wildman–Crippen MR) is 101 cm³/mol. The number of nitrogens with zero attached hydrogens (tertiary/aromatic N) is 1. The fourth-order valence-electron chi connectivity index (χ4n) is 2.90. The Bertz CT molecular complexity index is 937. The van der Waals surface area contributed by atoms with Gasteiger partial charge in [0.2, 0.25) is 10.0 Å². The third-order valence-electron chi connectivity index (χ3n) is 4.28. The van der Waals surface area contributed by atoms with Gasteiger partial charge in [-0.25, -0.2) is 8.42 Å². The molecule has 2 aromatic carbocycles. The summed E-state index contributed by atoms with van der Waals surface area (Å²) in [4.78, 5) is 0. The zero-order valence-corrected chi connectivity index (χ0v) is 16.0. The van der Waals surface area contributed by atoms with Crippen molar-refractivity contribution in [1.82, 2.24) is 9.84 Å². The van der Waals surface area contributed by atoms with Crippen molar-refractivity contribution in [2.75, 3.05) is 20.5 Å². The Morgan fingerprint density at radius 1 is 1.00 bits per heavy atom. The largest absolute Gasteiger partial charge is 0.493 e. The standard InChI is InChI=1S/C19H22N2O4S/c1-13-5-7-14(8-6-13)17-12-16(20-21(17)26(4,22)23)15-9-10-18(24-2)19(11-15)25-3/h5-12,17,20H,1-4H3. The number of benzene rings is 2. The molecule has 1 atom stereocenters. The minimum absolute atomic E-state index is 0.423. The van der Waals surface area contributed by atoms with Gasteiger partial charge in [0, 0.05) is 5.56 Å². The third kappa shape index (κ3) is 3.54. The number of hydrazine groups is 1. The maximum absolute atomic E-state index is 12.3. The normalized spacial score (nSPS) is 17.5. The van der Waals surface area contributed by atoms with Gasteiger partial charge in [0.05, 0.1) is 32.2 Å². The van der Waals surface area contributed by atoms with E-state index in [0.717, 1.165) is 16.7 Å². The van der Waals surface area contributed by atoms with Crippen molar-refractivity contribution >= 4 is 15.7 Å². The van der Waals surface area contributed by atoms with Crippen molar-refractivity contribution in [2.24, 2.45) is 0 Å². The Kier molecular flexibility index (Phi) is 4.93. The van der Waals surface area contributed by atoms with Crippen molar-refractivity contribution in [3.05, 3.63) is 65.2 Å². The fraction of sp³-hybridized carbons (Fsp3) is 0.263. The SMILES string of the molecule is COc1ccc(C2=CC(c3ccc(C)cc3)N(S(C)(=O)=O)N2)cc1OC. The number of aryl methyl sites for hydroxylation is 1. The van der Waals surface area contributed by atoms with E-state index < -0.39 is 16.1 Å². The molecule has 138 valence electrons. The molecule has 0 fully saturated rings. The van der Waals surface area contributed by atoms with E-state index >= 15 is 0 Å². The van der Waals surface area contributed by atoms with Crippen LogP contribution in [-0.4, -0.2) is 33.3 Å². The van der Waals surface area contributed by atoms with Gasteiger partial charge in [-0.05, 0) is 36.8 Å². The number of nitrogens with one attached hydrogen (secondary N) is 1. The van der Waals surface area contributed by atoms with E-state index in [2.05, 4.69) is 5.43 Å². The minimum Gasteiger partial charge on any atom is -0.493 e. The second kappa shape index (κ2) is 7.01. The van der Waals surface area contributed by atoms with Crippen LogP contribution in [0.5, 0.6) is 11.5 Å². The molecule has 1 unspecified atom stereocenters. The summed E-state index contributed by atoms with van der Waals surface area (Å²) in [6.45, 7) is 2.00. The first-order valence-electron chi connectivity index (χ1n) is 8.10. The van der Waals surface area contributed by atoms with Crippen molar-refractivity contribution < 1.29 is 17.9 Å². The van der Waals surface area contributed by atoms with Crippen LogP contribution in [0.3, 0.4) is 0 Å². The maximum atomic E-state index is 12.3. The van der Waals surface area contributed by atoms with Crippen LogP contribution in [-0.2, 0) is 10.0 Å². The molecule has 0 saturated carbocycles. The molecule has 0 saturated heterocycles. The first kappa shape index (κ1) is 18.3. The highest BCUT2D eigenvalue weighted by atomic mass is 32.2. The molecule has 1 heterocycles. The Balaban J connectivity index is 2.03. The lowest BCUT2D eigenvalue weighted by atomic mass is 10.0. The molecule has 1 aliphatic rings. The summed E-state index contributed by atoms with van der Waals surface area (Å²) >= 11 is 0. The second-order valence-electron chi connectivity index (χ2n) is 6.18. The molecular weight excluding hydrogens is 352 g/mol. The number of ether oxygens (including phenoxy) is 2. The third-order valence-corrected chi connectivity index (χ3v) is 5.31. The number of sulfonamides is 1. The highest BCUT2D eigenvalue weighted by Crippen LogP contribution is 2.36. The fourth-order valence-corrected chi connectivity index (χ4v) is 3.76. The van der Waals surface area contributed by atoms with Crippen molar-refractivity contribution in [2.45, 2.75) is 13.0 Å². The summed E-state index contributed by atoms with van der Waals surface area (Å²) in [6.07, 6.45) is 3.08. The van der Waals surface area contributed by atoms with E-state index in [1.54, 1.807) is 20.3 Å². The summed E-state index contributed by atoms with van der Waals surface area (Å²) in [5, 5.41) is 0. The van der Waals surface area contributed by atoms with Crippen LogP contribution in [0.4, 0.5) is 0 Å². The Hall–Kier alpha value is -2.51. The Morgan fingerprint density at radius 3 is 2.23 bits per heavy atom. The molecule has 1 N–H and O–H groups in total. The van der Waals surface area contributed by atoms with Gasteiger partial charge in [0.25, 0.3) is 0 Å². The van der Waals surface area contributed by atoms with Crippen molar-refractivity contribution in [1.29, 1.82) is 0 Å². The summed E-state index contributed by atoms with van der Waals surface area (Å²) in [7, 11) is -0.327. The van der Waals surface area contributed by atoms with Gasteiger partial charge < -0.3 is 14.9 Å². The second-order valence-corrected chi connectivity index (χ2v) is 8.04. The molecule has 0 radical (unpaired) electrons. The van der Waals surface area contributed by atoms with Gasteiger partial charge in [0.1, 0.15) is 0 Å². The first-order chi connectivity index (χ1) is 12.3. The minimum atomic E-state index is -3.47. The van der Waals surface area contributed by atoms with Crippen LogP contribution in [0.1, 0.15) is 22.7 Å². The van der Waals surface area contributed by atoms with Crippen LogP contribution in [0, 0.1) is 6.92 Å². The van der Waals surface area contributed by atoms with E-state index in [9.17, 15) is 8.42 Å². The topological polar surface area (TPSA) is 67.9 Å². The number of hydrogen-bond acceptors (Lipinski definition) is 5. The van der Waals surface area contributed by atoms with Crippen molar-refractivity contribution in [3.8, 4) is 11.5 Å². The van der Waals surface area contributed by atoms with E-state index in [1.165, 1.54) is 10.7 Å². The van der Waals surface area contributed by atoms with Gasteiger partial charge in [0.15, 0.2) is 11.5 Å². The molecule has 0 aromatic heterocycles. The Morgan fingerprint density at radius 2 is 1.65 bits per heavy atom. The molecule has 1 aliphatic heterocycles. The summed E-state index contributed by atoms with van der Waals surface area (Å²) in [5.41, 5.74) is 6.53. The summed E-state index contributed by atoms with van der Waals surface area (Å²) in [6, 6.07) is 12.9. The maximum Gasteiger partial charge on any atom is 0.228 e. The number of hydrogen-bond donors (Lipinski definition) is 1. The molecule has 0 spiro atoms. The van der Waals surface area contributed by atoms with Crippen molar-refractivity contribution in [3.63, 3.8) is 0 Å². The zero-order valence-electron chi connectivity index (χ0n) is 15.2. The molecule has 0 bridgehead atoms. The average molecular weight is 374 g/mol. The van der Waals surface area contributed by atoms with Gasteiger partial charge in [-0.3, -0.25) is 0 Å². The van der Waals surface area contributed by atoms with Gasteiger partial charge in [-0.2, -0.15) is 0 Å². The first-order valence-corrected chi connectivity index (χ1v) is 9.95. The van der Waals surface area contributed by atoms with Crippen LogP contribution in [0.15, 0.2) is 48.5 Å². The van der Waals surface area contributed by atoms with E-state index in [-0.39, 0.29) is 0 Å². The zero-order chi connectivity index (χ0) is 18.9. The smallest absolute Gasteiger partial charge is 0.228 e. The molecule has 2 aromatic rings. The predicted octanol–water partition coefficient (Wildman–Crippen LogP) is 2.87. The lowest BCUT2D eigenvalue weighted by Gasteiger charge is -2.23. The lowest BCUT2D eigenvalue weighted by Crippen LogP contribution is -2.38. The molecule has 0 amide bonds. The molecule has 6 nitrogen and oxygen atoms in total. The van der Waals surface area contributed by atoms with Crippen LogP contribution >= 0.6 is 0 Å². The van der Waals surface area contributed by atoms with Crippen LogP contribution in [0.25, 0.3) is 5.70 Å². The van der Waals surface area contributed by atoms with Crippen LogP contribution < -0.4 is 14.9 Å². The Labute approximate surface area is 154 Å². The lowest BCUT2D eigenvalue weighted by molar-refractivity contribution is 0.350. The molecule has 0 aliphatic carbocycles. The summed E-state index contributed by atoms with van der Waals surface area (Å²) in [5.74, 6) is 1.20. The van der Waals surface area contributed by atoms with Gasteiger partial charge in [-0.15, -0.1) is 4.41 Å². The van der Waals surface area contributed by atoms with Gasteiger partial charge >= 0.3 is 0 Å².